The Balaban J connectivity index is 1.96. The van der Waals surface area contributed by atoms with Gasteiger partial charge in [-0.3, -0.25) is 4.79 Å². The predicted molar refractivity (Wildman–Crippen MR) is 62.0 cm³/mol. The molecule has 2 fully saturated rings. The van der Waals surface area contributed by atoms with Crippen LogP contribution in [0.25, 0.3) is 0 Å². The van der Waals surface area contributed by atoms with Crippen LogP contribution in [-0.4, -0.2) is 53.6 Å². The third-order valence-electron chi connectivity index (χ3n) is 3.20. The van der Waals surface area contributed by atoms with E-state index in [4.69, 9.17) is 5.11 Å². The minimum Gasteiger partial charge on any atom is -0.481 e. The molecule has 16 heavy (non-hydrogen) atoms. The number of carboxylic acid groups (broad SMARTS) is 1. The Labute approximate surface area is 99.2 Å². The highest BCUT2D eigenvalue weighted by Gasteiger charge is 2.44. The van der Waals surface area contributed by atoms with E-state index in [0.29, 0.717) is 13.1 Å². The van der Waals surface area contributed by atoms with E-state index in [1.165, 1.54) is 4.31 Å². The summed E-state index contributed by atoms with van der Waals surface area (Å²) in [7, 11) is -3.24. The minimum atomic E-state index is -3.24. The number of thioether (sulfide) groups is 1. The number of hydrogen-bond acceptors (Lipinski definition) is 4. The van der Waals surface area contributed by atoms with Crippen molar-refractivity contribution in [2.45, 2.75) is 18.1 Å². The number of carboxylic acids is 1. The highest BCUT2D eigenvalue weighted by molar-refractivity contribution is 7.99. The summed E-state index contributed by atoms with van der Waals surface area (Å²) in [5.41, 5.74) is 0. The van der Waals surface area contributed by atoms with Crippen molar-refractivity contribution in [1.29, 1.82) is 0 Å². The molecular formula is C9H15NO4S2. The highest BCUT2D eigenvalue weighted by atomic mass is 32.2. The lowest BCUT2D eigenvalue weighted by Crippen LogP contribution is -2.49. The first-order chi connectivity index (χ1) is 7.51. The van der Waals surface area contributed by atoms with Crippen molar-refractivity contribution in [3.05, 3.63) is 0 Å². The fraction of sp³-hybridized carbons (Fsp3) is 0.889. The van der Waals surface area contributed by atoms with E-state index in [2.05, 4.69) is 0 Å². The van der Waals surface area contributed by atoms with Gasteiger partial charge in [0.05, 0.1) is 11.2 Å². The first-order valence-electron chi connectivity index (χ1n) is 5.31. The Hall–Kier alpha value is -0.270. The number of carbonyl (C=O) groups is 1. The third-order valence-corrected chi connectivity index (χ3v) is 6.45. The number of hydrogen-bond donors (Lipinski definition) is 1. The second-order valence-electron chi connectivity index (χ2n) is 4.18. The van der Waals surface area contributed by atoms with E-state index in [1.807, 2.05) is 0 Å². The van der Waals surface area contributed by atoms with Gasteiger partial charge < -0.3 is 5.11 Å². The van der Waals surface area contributed by atoms with Crippen LogP contribution in [0.1, 0.15) is 12.8 Å². The van der Waals surface area contributed by atoms with E-state index in [0.717, 1.165) is 11.5 Å². The molecule has 1 heterocycles. The maximum Gasteiger partial charge on any atom is 0.306 e. The number of aliphatic carboxylic acids is 1. The molecule has 1 aliphatic carbocycles. The second kappa shape index (κ2) is 4.54. The van der Waals surface area contributed by atoms with Crippen molar-refractivity contribution in [1.82, 2.24) is 4.31 Å². The zero-order valence-corrected chi connectivity index (χ0v) is 10.5. The van der Waals surface area contributed by atoms with Crippen molar-refractivity contribution in [3.8, 4) is 0 Å². The van der Waals surface area contributed by atoms with Crippen molar-refractivity contribution >= 4 is 27.8 Å². The molecule has 1 saturated heterocycles. The lowest BCUT2D eigenvalue weighted by atomic mass is 9.85. The van der Waals surface area contributed by atoms with Crippen molar-refractivity contribution in [3.63, 3.8) is 0 Å². The van der Waals surface area contributed by atoms with Crippen LogP contribution >= 0.6 is 11.8 Å². The van der Waals surface area contributed by atoms with Gasteiger partial charge in [-0.15, -0.1) is 0 Å². The summed E-state index contributed by atoms with van der Waals surface area (Å²) >= 11 is 1.76. The molecule has 0 aromatic heterocycles. The number of rotatable bonds is 3. The molecule has 0 unspecified atom stereocenters. The monoisotopic (exact) mass is 265 g/mol. The minimum absolute atomic E-state index is 0.279. The molecule has 0 aromatic carbocycles. The number of nitrogens with zero attached hydrogens (tertiary/aromatic N) is 1. The van der Waals surface area contributed by atoms with Crippen LogP contribution in [0.2, 0.25) is 0 Å². The van der Waals surface area contributed by atoms with E-state index < -0.39 is 27.2 Å². The normalized spacial score (nSPS) is 32.0. The second-order valence-corrected chi connectivity index (χ2v) is 7.62. The molecule has 1 N–H and O–H groups in total. The Morgan fingerprint density at radius 1 is 1.25 bits per heavy atom. The largest absolute Gasteiger partial charge is 0.481 e. The Morgan fingerprint density at radius 3 is 2.31 bits per heavy atom. The summed E-state index contributed by atoms with van der Waals surface area (Å²) in [5.74, 6) is 0.349. The SMILES string of the molecule is O=C(O)C1CC(S(=O)(=O)N2CCSCC2)C1. The Bertz CT molecular complexity index is 369. The maximum atomic E-state index is 12.1. The molecule has 92 valence electrons. The zero-order chi connectivity index (χ0) is 11.8. The topological polar surface area (TPSA) is 74.7 Å². The van der Waals surface area contributed by atoms with Gasteiger partial charge in [-0.1, -0.05) is 0 Å². The molecule has 0 amide bonds. The van der Waals surface area contributed by atoms with Gasteiger partial charge in [0.2, 0.25) is 10.0 Å². The summed E-state index contributed by atoms with van der Waals surface area (Å²) in [6.07, 6.45) is 0.558. The average Bonchev–Trinajstić information content (AvgIpc) is 2.15. The summed E-state index contributed by atoms with van der Waals surface area (Å²) in [4.78, 5) is 10.6. The smallest absolute Gasteiger partial charge is 0.306 e. The van der Waals surface area contributed by atoms with Crippen LogP contribution in [-0.2, 0) is 14.8 Å². The molecule has 1 aliphatic heterocycles. The molecule has 0 spiro atoms. The fourth-order valence-electron chi connectivity index (χ4n) is 2.02. The molecule has 0 atom stereocenters. The summed E-state index contributed by atoms with van der Waals surface area (Å²) < 4.78 is 25.6. The molecule has 0 radical (unpaired) electrons. The predicted octanol–water partition coefficient (Wildman–Crippen LogP) is 0.228. The van der Waals surface area contributed by atoms with Crippen LogP contribution in [0.5, 0.6) is 0 Å². The summed E-state index contributed by atoms with van der Waals surface area (Å²) in [5, 5.41) is 8.25. The molecule has 0 bridgehead atoms. The molecule has 0 aromatic rings. The van der Waals surface area contributed by atoms with Gasteiger partial charge in [0.1, 0.15) is 0 Å². The first-order valence-corrected chi connectivity index (χ1v) is 7.97. The van der Waals surface area contributed by atoms with Gasteiger partial charge in [-0.05, 0) is 12.8 Å². The Kier molecular flexibility index (Phi) is 3.46. The van der Waals surface area contributed by atoms with Crippen LogP contribution < -0.4 is 0 Å². The fourth-order valence-corrected chi connectivity index (χ4v) is 5.22. The lowest BCUT2D eigenvalue weighted by Gasteiger charge is -2.37. The van der Waals surface area contributed by atoms with Crippen LogP contribution in [0.15, 0.2) is 0 Å². The molecule has 5 nitrogen and oxygen atoms in total. The van der Waals surface area contributed by atoms with Crippen LogP contribution in [0.3, 0.4) is 0 Å². The van der Waals surface area contributed by atoms with Gasteiger partial charge in [0.25, 0.3) is 0 Å². The zero-order valence-electron chi connectivity index (χ0n) is 8.83. The van der Waals surface area contributed by atoms with Crippen molar-refractivity contribution < 1.29 is 18.3 Å². The molecule has 2 aliphatic rings. The van der Waals surface area contributed by atoms with Crippen molar-refractivity contribution in [2.75, 3.05) is 24.6 Å². The summed E-state index contributed by atoms with van der Waals surface area (Å²) in [6.45, 7) is 1.14. The lowest BCUT2D eigenvalue weighted by molar-refractivity contribution is -0.144. The van der Waals surface area contributed by atoms with E-state index >= 15 is 0 Å². The summed E-state index contributed by atoms with van der Waals surface area (Å²) in [6, 6.07) is 0. The van der Waals surface area contributed by atoms with Crippen molar-refractivity contribution in [2.24, 2.45) is 5.92 Å². The van der Waals surface area contributed by atoms with Crippen LogP contribution in [0, 0.1) is 5.92 Å². The average molecular weight is 265 g/mol. The first kappa shape index (κ1) is 12.2. The van der Waals surface area contributed by atoms with E-state index in [1.54, 1.807) is 11.8 Å². The quantitative estimate of drug-likeness (QED) is 0.790. The molecule has 7 heteroatoms. The van der Waals surface area contributed by atoms with E-state index in [-0.39, 0.29) is 12.8 Å². The highest BCUT2D eigenvalue weighted by Crippen LogP contribution is 2.35. The third kappa shape index (κ3) is 2.21. The van der Waals surface area contributed by atoms with Gasteiger partial charge in [-0.25, -0.2) is 12.7 Å². The van der Waals surface area contributed by atoms with Gasteiger partial charge in [-0.2, -0.15) is 11.8 Å². The molecular weight excluding hydrogens is 250 g/mol. The maximum absolute atomic E-state index is 12.1. The molecule has 1 saturated carbocycles. The molecule has 2 rings (SSSR count). The van der Waals surface area contributed by atoms with Gasteiger partial charge in [0.15, 0.2) is 0 Å². The van der Waals surface area contributed by atoms with Crippen LogP contribution in [0.4, 0.5) is 0 Å². The van der Waals surface area contributed by atoms with Gasteiger partial charge in [0, 0.05) is 24.6 Å². The number of sulfonamides is 1. The Morgan fingerprint density at radius 2 is 1.81 bits per heavy atom. The van der Waals surface area contributed by atoms with Gasteiger partial charge >= 0.3 is 5.97 Å². The standard InChI is InChI=1S/C9H15NO4S2/c11-9(12)7-5-8(6-7)16(13,14)10-1-3-15-4-2-10/h7-8H,1-6H2,(H,11,12). The van der Waals surface area contributed by atoms with E-state index in [9.17, 15) is 13.2 Å².